The van der Waals surface area contributed by atoms with Crippen molar-refractivity contribution in [2.75, 3.05) is 6.54 Å². The third-order valence-corrected chi connectivity index (χ3v) is 5.10. The average molecular weight is 471 g/mol. The van der Waals surface area contributed by atoms with Crippen LogP contribution in [0.15, 0.2) is 0 Å². The second-order valence-electron chi connectivity index (χ2n) is 9.82. The van der Waals surface area contributed by atoms with Crippen LogP contribution in [0.5, 0.6) is 0 Å². The quantitative estimate of drug-likeness (QED) is 0.260. The summed E-state index contributed by atoms with van der Waals surface area (Å²) in [5.41, 5.74) is -0.628. The Kier molecular flexibility index (Phi) is 10.8. The maximum atomic E-state index is 13.0. The molecule has 11 heteroatoms. The predicted octanol–water partition coefficient (Wildman–Crippen LogP) is 0.567. The van der Waals surface area contributed by atoms with Gasteiger partial charge in [0.25, 0.3) is 0 Å². The van der Waals surface area contributed by atoms with Gasteiger partial charge in [0.1, 0.15) is 18.4 Å². The molecule has 0 bridgehead atoms. The van der Waals surface area contributed by atoms with Crippen molar-refractivity contribution in [2.45, 2.75) is 90.6 Å². The molecule has 0 saturated carbocycles. The molecule has 1 fully saturated rings. The SMILES string of the molecule is CC(C)CC(NC(=O)[C@@H](NC(=O)O)[C@H](C)OC(C)(C)C)C(=O)NC(C=O)CC1CCNC1=O. The van der Waals surface area contributed by atoms with Crippen molar-refractivity contribution < 1.29 is 33.8 Å². The lowest BCUT2D eigenvalue weighted by Gasteiger charge is -2.31. The van der Waals surface area contributed by atoms with Crippen LogP contribution in [-0.2, 0) is 23.9 Å². The second kappa shape index (κ2) is 12.5. The maximum absolute atomic E-state index is 13.0. The highest BCUT2D eigenvalue weighted by atomic mass is 16.5. The Morgan fingerprint density at radius 2 is 1.79 bits per heavy atom. The minimum absolute atomic E-state index is 0.0190. The molecule has 1 aliphatic rings. The lowest BCUT2D eigenvalue weighted by Crippen LogP contribution is -2.59. The topological polar surface area (TPSA) is 163 Å². The van der Waals surface area contributed by atoms with E-state index in [-0.39, 0.29) is 30.6 Å². The first-order valence-corrected chi connectivity index (χ1v) is 11.2. The zero-order valence-electron chi connectivity index (χ0n) is 20.3. The van der Waals surface area contributed by atoms with Crippen LogP contribution in [0.4, 0.5) is 4.79 Å². The van der Waals surface area contributed by atoms with Crippen LogP contribution < -0.4 is 21.3 Å². The Labute approximate surface area is 194 Å². The normalized spacial score (nSPS) is 19.7. The standard InChI is InChI=1S/C22H38N4O7/c1-12(2)9-16(19(29)24-15(11-27)10-14-7-8-23-18(14)28)25-20(30)17(26-21(31)32)13(3)33-22(4,5)6/h11-17,26H,7-10H2,1-6H3,(H,23,28)(H,24,29)(H,25,30)(H,31,32)/t13-,14?,15?,16?,17-/m0/s1. The highest BCUT2D eigenvalue weighted by molar-refractivity contribution is 5.92. The average Bonchev–Trinajstić information content (AvgIpc) is 3.07. The van der Waals surface area contributed by atoms with Crippen molar-refractivity contribution in [1.29, 1.82) is 0 Å². The fourth-order valence-corrected chi connectivity index (χ4v) is 3.73. The molecule has 5 N–H and O–H groups in total. The highest BCUT2D eigenvalue weighted by Crippen LogP contribution is 2.17. The number of nitrogens with one attached hydrogen (secondary N) is 4. The number of carbonyl (C=O) groups excluding carboxylic acids is 4. The Hall–Kier alpha value is -2.69. The molecule has 3 unspecified atom stereocenters. The molecule has 0 aromatic carbocycles. The minimum atomic E-state index is -1.40. The molecule has 1 saturated heterocycles. The van der Waals surface area contributed by atoms with Gasteiger partial charge in [-0.3, -0.25) is 14.4 Å². The number of amides is 4. The van der Waals surface area contributed by atoms with Crippen LogP contribution in [-0.4, -0.2) is 71.6 Å². The summed E-state index contributed by atoms with van der Waals surface area (Å²) in [7, 11) is 0. The summed E-state index contributed by atoms with van der Waals surface area (Å²) >= 11 is 0. The van der Waals surface area contributed by atoms with Gasteiger partial charge in [0.05, 0.1) is 17.7 Å². The Morgan fingerprint density at radius 3 is 2.24 bits per heavy atom. The lowest BCUT2D eigenvalue weighted by atomic mass is 9.97. The fraction of sp³-hybridized carbons (Fsp3) is 0.773. The molecule has 0 spiro atoms. The first kappa shape index (κ1) is 28.3. The first-order chi connectivity index (χ1) is 15.2. The molecule has 0 aromatic rings. The number of hydrogen-bond acceptors (Lipinski definition) is 6. The number of ether oxygens (including phenoxy) is 1. The van der Waals surface area contributed by atoms with E-state index < -0.39 is 47.7 Å². The van der Waals surface area contributed by atoms with Crippen LogP contribution in [0.3, 0.4) is 0 Å². The molecule has 0 aromatic heterocycles. The Bertz CT molecular complexity index is 720. The number of rotatable bonds is 12. The van der Waals surface area contributed by atoms with Gasteiger partial charge in [-0.05, 0) is 52.9 Å². The van der Waals surface area contributed by atoms with Gasteiger partial charge in [0, 0.05) is 12.5 Å². The van der Waals surface area contributed by atoms with E-state index in [1.807, 2.05) is 13.8 Å². The van der Waals surface area contributed by atoms with Crippen LogP contribution in [0.1, 0.15) is 60.8 Å². The second-order valence-corrected chi connectivity index (χ2v) is 9.82. The summed E-state index contributed by atoms with van der Waals surface area (Å²) < 4.78 is 5.74. The molecule has 11 nitrogen and oxygen atoms in total. The van der Waals surface area contributed by atoms with Gasteiger partial charge in [0.2, 0.25) is 17.7 Å². The zero-order valence-corrected chi connectivity index (χ0v) is 20.3. The van der Waals surface area contributed by atoms with Crippen molar-refractivity contribution in [2.24, 2.45) is 11.8 Å². The summed E-state index contributed by atoms with van der Waals surface area (Å²) in [6.45, 7) is 11.2. The fourth-order valence-electron chi connectivity index (χ4n) is 3.73. The van der Waals surface area contributed by atoms with E-state index in [4.69, 9.17) is 4.74 Å². The summed E-state index contributed by atoms with van der Waals surface area (Å²) in [5.74, 6) is -1.79. The molecule has 5 atom stereocenters. The number of aldehydes is 1. The molecule has 0 aliphatic carbocycles. The van der Waals surface area contributed by atoms with Crippen molar-refractivity contribution in [3.8, 4) is 0 Å². The van der Waals surface area contributed by atoms with Gasteiger partial charge in [-0.1, -0.05) is 13.8 Å². The number of carboxylic acid groups (broad SMARTS) is 1. The monoisotopic (exact) mass is 470 g/mol. The number of carbonyl (C=O) groups is 5. The molecule has 188 valence electrons. The van der Waals surface area contributed by atoms with Gasteiger partial charge >= 0.3 is 6.09 Å². The highest BCUT2D eigenvalue weighted by Gasteiger charge is 2.34. The third kappa shape index (κ3) is 10.2. The van der Waals surface area contributed by atoms with Gasteiger partial charge in [-0.15, -0.1) is 0 Å². The van der Waals surface area contributed by atoms with E-state index in [1.165, 1.54) is 0 Å². The smallest absolute Gasteiger partial charge is 0.405 e. The van der Waals surface area contributed by atoms with E-state index in [2.05, 4.69) is 21.3 Å². The third-order valence-electron chi connectivity index (χ3n) is 5.10. The van der Waals surface area contributed by atoms with Crippen molar-refractivity contribution >= 4 is 30.1 Å². The summed E-state index contributed by atoms with van der Waals surface area (Å²) in [6, 6.07) is -3.14. The van der Waals surface area contributed by atoms with Crippen molar-refractivity contribution in [3.63, 3.8) is 0 Å². The summed E-state index contributed by atoms with van der Waals surface area (Å²) in [5, 5.41) is 19.2. The lowest BCUT2D eigenvalue weighted by molar-refractivity contribution is -0.135. The van der Waals surface area contributed by atoms with E-state index in [1.54, 1.807) is 27.7 Å². The van der Waals surface area contributed by atoms with Gasteiger partial charge in [0.15, 0.2) is 0 Å². The predicted molar refractivity (Wildman–Crippen MR) is 120 cm³/mol. The minimum Gasteiger partial charge on any atom is -0.465 e. The van der Waals surface area contributed by atoms with Crippen LogP contribution in [0.2, 0.25) is 0 Å². The molecule has 0 radical (unpaired) electrons. The maximum Gasteiger partial charge on any atom is 0.405 e. The number of hydrogen-bond donors (Lipinski definition) is 5. The van der Waals surface area contributed by atoms with E-state index in [0.717, 1.165) is 0 Å². The molecule has 1 aliphatic heterocycles. The van der Waals surface area contributed by atoms with Crippen LogP contribution >= 0.6 is 0 Å². The molecular weight excluding hydrogens is 432 g/mol. The molecule has 1 rings (SSSR count). The zero-order chi connectivity index (χ0) is 25.3. The molecule has 1 heterocycles. The van der Waals surface area contributed by atoms with Crippen LogP contribution in [0.25, 0.3) is 0 Å². The van der Waals surface area contributed by atoms with Crippen LogP contribution in [0, 0.1) is 11.8 Å². The van der Waals surface area contributed by atoms with Gasteiger partial charge in [-0.25, -0.2) is 4.79 Å². The largest absolute Gasteiger partial charge is 0.465 e. The van der Waals surface area contributed by atoms with Gasteiger partial charge in [-0.2, -0.15) is 0 Å². The van der Waals surface area contributed by atoms with Gasteiger partial charge < -0.3 is 35.9 Å². The first-order valence-electron chi connectivity index (χ1n) is 11.2. The summed E-state index contributed by atoms with van der Waals surface area (Å²) in [4.78, 5) is 60.5. The Balaban J connectivity index is 2.93. The summed E-state index contributed by atoms with van der Waals surface area (Å²) in [6.07, 6.45) is -0.622. The van der Waals surface area contributed by atoms with E-state index in [9.17, 15) is 29.1 Å². The van der Waals surface area contributed by atoms with Crippen molar-refractivity contribution in [1.82, 2.24) is 21.3 Å². The van der Waals surface area contributed by atoms with E-state index in [0.29, 0.717) is 19.3 Å². The molecule has 4 amide bonds. The van der Waals surface area contributed by atoms with Crippen molar-refractivity contribution in [3.05, 3.63) is 0 Å². The Morgan fingerprint density at radius 1 is 1.15 bits per heavy atom. The molecular formula is C22H38N4O7. The molecule has 33 heavy (non-hydrogen) atoms. The van der Waals surface area contributed by atoms with E-state index >= 15 is 0 Å².